The largest absolute Gasteiger partial charge is 0.380 e. The molecule has 0 bridgehead atoms. The van der Waals surface area contributed by atoms with E-state index in [-0.39, 0.29) is 12.1 Å². The summed E-state index contributed by atoms with van der Waals surface area (Å²) in [5, 5.41) is 0.771. The third-order valence-electron chi connectivity index (χ3n) is 4.19. The summed E-state index contributed by atoms with van der Waals surface area (Å²) in [6, 6.07) is 8.01. The minimum atomic E-state index is 0.0641. The fraction of sp³-hybridized carbons (Fsp3) is 0.625. The Bertz CT molecular complexity index is 373. The van der Waals surface area contributed by atoms with Crippen LogP contribution in [0.4, 0.5) is 0 Å². The quantitative estimate of drug-likeness (QED) is 0.891. The van der Waals surface area contributed by atoms with E-state index in [9.17, 15) is 0 Å². The molecule has 1 fully saturated rings. The van der Waals surface area contributed by atoms with Crippen molar-refractivity contribution in [3.05, 3.63) is 34.9 Å². The highest BCUT2D eigenvalue weighted by molar-refractivity contribution is 6.30. The number of rotatable bonds is 5. The molecule has 1 saturated carbocycles. The highest BCUT2D eigenvalue weighted by Gasteiger charge is 2.28. The zero-order valence-corrected chi connectivity index (χ0v) is 12.4. The summed E-state index contributed by atoms with van der Waals surface area (Å²) in [7, 11) is 1.79. The molecule has 1 aromatic rings. The maximum atomic E-state index is 6.37. The summed E-state index contributed by atoms with van der Waals surface area (Å²) in [5.74, 6) is 0.626. The van der Waals surface area contributed by atoms with Crippen LogP contribution in [0.15, 0.2) is 24.3 Å². The minimum absolute atomic E-state index is 0.0641. The fourth-order valence-electron chi connectivity index (χ4n) is 3.19. The molecule has 1 aromatic carbocycles. The first-order valence-corrected chi connectivity index (χ1v) is 7.61. The van der Waals surface area contributed by atoms with Crippen molar-refractivity contribution in [1.82, 2.24) is 0 Å². The first-order chi connectivity index (χ1) is 9.20. The predicted octanol–water partition coefficient (Wildman–Crippen LogP) is 3.81. The second-order valence-electron chi connectivity index (χ2n) is 5.59. The third kappa shape index (κ3) is 4.20. The molecule has 0 saturated heterocycles. The smallest absolute Gasteiger partial charge is 0.0753 e. The van der Waals surface area contributed by atoms with Crippen LogP contribution in [-0.2, 0) is 11.2 Å². The van der Waals surface area contributed by atoms with Gasteiger partial charge in [-0.25, -0.2) is 0 Å². The number of ether oxygens (including phenoxy) is 1. The van der Waals surface area contributed by atoms with Crippen molar-refractivity contribution in [2.45, 2.75) is 50.7 Å². The normalized spacial score (nSPS) is 20.2. The zero-order chi connectivity index (χ0) is 13.7. The summed E-state index contributed by atoms with van der Waals surface area (Å²) in [6.07, 6.45) is 7.54. The highest BCUT2D eigenvalue weighted by atomic mass is 35.5. The monoisotopic (exact) mass is 281 g/mol. The molecule has 1 aliphatic carbocycles. The van der Waals surface area contributed by atoms with E-state index in [0.717, 1.165) is 11.4 Å². The first kappa shape index (κ1) is 14.8. The van der Waals surface area contributed by atoms with Crippen molar-refractivity contribution >= 4 is 11.6 Å². The van der Waals surface area contributed by atoms with Crippen molar-refractivity contribution < 1.29 is 4.74 Å². The van der Waals surface area contributed by atoms with E-state index >= 15 is 0 Å². The number of hydrogen-bond acceptors (Lipinski definition) is 2. The van der Waals surface area contributed by atoms with E-state index in [1.807, 2.05) is 12.1 Å². The number of halogens is 1. The summed E-state index contributed by atoms with van der Waals surface area (Å²) < 4.78 is 5.70. The van der Waals surface area contributed by atoms with Crippen molar-refractivity contribution in [2.24, 2.45) is 11.7 Å². The molecule has 2 atom stereocenters. The summed E-state index contributed by atoms with van der Waals surface area (Å²) in [4.78, 5) is 0. The van der Waals surface area contributed by atoms with Gasteiger partial charge in [0.15, 0.2) is 0 Å². The Morgan fingerprint density at radius 1 is 1.21 bits per heavy atom. The number of nitrogens with two attached hydrogens (primary N) is 1. The van der Waals surface area contributed by atoms with Gasteiger partial charge in [-0.15, -0.1) is 0 Å². The molecule has 2 rings (SSSR count). The van der Waals surface area contributed by atoms with Crippen LogP contribution in [0, 0.1) is 5.92 Å². The second kappa shape index (κ2) is 7.28. The minimum Gasteiger partial charge on any atom is -0.380 e. The number of benzene rings is 1. The van der Waals surface area contributed by atoms with Gasteiger partial charge in [-0.2, -0.15) is 0 Å². The molecule has 0 aliphatic heterocycles. The highest BCUT2D eigenvalue weighted by Crippen LogP contribution is 2.29. The fourth-order valence-corrected chi connectivity index (χ4v) is 3.31. The van der Waals surface area contributed by atoms with Crippen molar-refractivity contribution in [2.75, 3.05) is 7.11 Å². The zero-order valence-electron chi connectivity index (χ0n) is 11.6. The Morgan fingerprint density at radius 3 is 2.42 bits per heavy atom. The molecule has 2 N–H and O–H groups in total. The Labute approximate surface area is 121 Å². The molecule has 1 aliphatic rings. The van der Waals surface area contributed by atoms with Gasteiger partial charge in [0.05, 0.1) is 6.10 Å². The molecule has 0 heterocycles. The number of methoxy groups -OCH3 is 1. The standard InChI is InChI=1S/C16H24ClNO/c1-19-16(13-5-3-2-4-6-13)15(18)11-12-7-9-14(17)10-8-12/h7-10,13,15-16H,2-6,11,18H2,1H3. The average Bonchev–Trinajstić information content (AvgIpc) is 2.43. The lowest BCUT2D eigenvalue weighted by Gasteiger charge is -2.33. The van der Waals surface area contributed by atoms with Crippen LogP contribution in [0.25, 0.3) is 0 Å². The molecule has 2 unspecified atom stereocenters. The molecule has 0 spiro atoms. The van der Waals surface area contributed by atoms with Crippen LogP contribution in [0.5, 0.6) is 0 Å². The SMILES string of the molecule is COC(C(N)Cc1ccc(Cl)cc1)C1CCCCC1. The summed E-state index contributed by atoms with van der Waals surface area (Å²) in [6.45, 7) is 0. The van der Waals surface area contributed by atoms with Gasteiger partial charge >= 0.3 is 0 Å². The number of hydrogen-bond donors (Lipinski definition) is 1. The summed E-state index contributed by atoms with van der Waals surface area (Å²) >= 11 is 5.90. The van der Waals surface area contributed by atoms with Gasteiger partial charge < -0.3 is 10.5 Å². The van der Waals surface area contributed by atoms with Gasteiger partial charge in [-0.1, -0.05) is 43.0 Å². The Morgan fingerprint density at radius 2 is 1.84 bits per heavy atom. The van der Waals surface area contributed by atoms with Gasteiger partial charge in [-0.3, -0.25) is 0 Å². The summed E-state index contributed by atoms with van der Waals surface area (Å²) in [5.41, 5.74) is 7.60. The predicted molar refractivity (Wildman–Crippen MR) is 80.5 cm³/mol. The molecular weight excluding hydrogens is 258 g/mol. The molecule has 0 radical (unpaired) electrons. The Balaban J connectivity index is 1.95. The lowest BCUT2D eigenvalue weighted by molar-refractivity contribution is 0.0179. The van der Waals surface area contributed by atoms with E-state index in [0.29, 0.717) is 5.92 Å². The van der Waals surface area contributed by atoms with Crippen LogP contribution in [0.3, 0.4) is 0 Å². The molecular formula is C16H24ClNO. The van der Waals surface area contributed by atoms with Crippen LogP contribution >= 0.6 is 11.6 Å². The first-order valence-electron chi connectivity index (χ1n) is 7.23. The van der Waals surface area contributed by atoms with Crippen molar-refractivity contribution in [3.8, 4) is 0 Å². The molecule has 2 nitrogen and oxygen atoms in total. The van der Waals surface area contributed by atoms with E-state index in [4.69, 9.17) is 22.1 Å². The van der Waals surface area contributed by atoms with E-state index in [1.54, 1.807) is 7.11 Å². The maximum Gasteiger partial charge on any atom is 0.0753 e. The van der Waals surface area contributed by atoms with E-state index < -0.39 is 0 Å². The van der Waals surface area contributed by atoms with Gasteiger partial charge in [0.2, 0.25) is 0 Å². The van der Waals surface area contributed by atoms with Gasteiger partial charge in [0, 0.05) is 18.2 Å². The Hall–Kier alpha value is -0.570. The lowest BCUT2D eigenvalue weighted by Crippen LogP contribution is -2.43. The van der Waals surface area contributed by atoms with Crippen LogP contribution in [0.1, 0.15) is 37.7 Å². The average molecular weight is 282 g/mol. The Kier molecular flexibility index (Phi) is 5.68. The molecule has 106 valence electrons. The van der Waals surface area contributed by atoms with E-state index in [2.05, 4.69) is 12.1 Å². The topological polar surface area (TPSA) is 35.2 Å². The van der Waals surface area contributed by atoms with E-state index in [1.165, 1.54) is 37.7 Å². The molecule has 3 heteroatoms. The van der Waals surface area contributed by atoms with Crippen molar-refractivity contribution in [1.29, 1.82) is 0 Å². The van der Waals surface area contributed by atoms with Crippen LogP contribution < -0.4 is 5.73 Å². The van der Waals surface area contributed by atoms with Crippen LogP contribution in [-0.4, -0.2) is 19.3 Å². The second-order valence-corrected chi connectivity index (χ2v) is 6.03. The lowest BCUT2D eigenvalue weighted by atomic mass is 9.81. The van der Waals surface area contributed by atoms with Crippen LogP contribution in [0.2, 0.25) is 5.02 Å². The molecule has 19 heavy (non-hydrogen) atoms. The van der Waals surface area contributed by atoms with Gasteiger partial charge in [0.1, 0.15) is 0 Å². The molecule has 0 aromatic heterocycles. The maximum absolute atomic E-state index is 6.37. The van der Waals surface area contributed by atoms with Gasteiger partial charge in [0.25, 0.3) is 0 Å². The third-order valence-corrected chi connectivity index (χ3v) is 4.45. The van der Waals surface area contributed by atoms with Crippen molar-refractivity contribution in [3.63, 3.8) is 0 Å². The van der Waals surface area contributed by atoms with Gasteiger partial charge in [-0.05, 0) is 42.9 Å². The molecule has 0 amide bonds.